The van der Waals surface area contributed by atoms with E-state index in [0.29, 0.717) is 11.3 Å². The van der Waals surface area contributed by atoms with Gasteiger partial charge in [0.05, 0.1) is 11.3 Å². The molecule has 0 saturated heterocycles. The van der Waals surface area contributed by atoms with Crippen LogP contribution < -0.4 is 19.3 Å². The summed E-state index contributed by atoms with van der Waals surface area (Å²) in [4.78, 5) is 16.5. The van der Waals surface area contributed by atoms with Crippen molar-refractivity contribution in [1.29, 1.82) is 0 Å². The highest BCUT2D eigenvalue weighted by Gasteiger charge is 2.33. The van der Waals surface area contributed by atoms with Crippen molar-refractivity contribution < 1.29 is 27.4 Å². The Morgan fingerprint density at radius 3 is 2.29 bits per heavy atom. The molecule has 0 atom stereocenters. The topological polar surface area (TPSA) is 42.0 Å². The second-order valence-corrected chi connectivity index (χ2v) is 9.13. The van der Waals surface area contributed by atoms with E-state index in [1.54, 1.807) is 12.1 Å². The number of benzene rings is 3. The van der Waals surface area contributed by atoms with Crippen molar-refractivity contribution >= 4 is 17.3 Å². The number of amides is 1. The zero-order valence-corrected chi connectivity index (χ0v) is 19.5. The van der Waals surface area contributed by atoms with Gasteiger partial charge in [-0.2, -0.15) is 0 Å². The number of ether oxygens (including phenoxy) is 2. The highest BCUT2D eigenvalue weighted by atomic mass is 19.4. The molecule has 5 nitrogen and oxygen atoms in total. The lowest BCUT2D eigenvalue weighted by Crippen LogP contribution is -2.37. The Labute approximate surface area is 196 Å². The molecule has 3 aromatic rings. The Hall–Kier alpha value is -3.68. The molecule has 34 heavy (non-hydrogen) atoms. The van der Waals surface area contributed by atoms with Crippen molar-refractivity contribution in [2.24, 2.45) is 0 Å². The van der Waals surface area contributed by atoms with Crippen molar-refractivity contribution in [3.63, 3.8) is 0 Å². The number of hydrogen-bond donors (Lipinski definition) is 0. The van der Waals surface area contributed by atoms with Crippen LogP contribution in [0, 0.1) is 0 Å². The molecule has 4 rings (SSSR count). The molecule has 0 radical (unpaired) electrons. The Bertz CT molecular complexity index is 1250. The lowest BCUT2D eigenvalue weighted by Gasteiger charge is -2.34. The van der Waals surface area contributed by atoms with E-state index in [2.05, 4.69) is 36.5 Å². The molecule has 0 N–H and O–H groups in total. The van der Waals surface area contributed by atoms with E-state index >= 15 is 0 Å². The molecule has 1 aliphatic rings. The van der Waals surface area contributed by atoms with Gasteiger partial charge in [-0.3, -0.25) is 4.79 Å². The van der Waals surface area contributed by atoms with Crippen LogP contribution in [0.25, 0.3) is 11.1 Å². The second kappa shape index (κ2) is 8.27. The highest BCUT2D eigenvalue weighted by molar-refractivity contribution is 6.09. The summed E-state index contributed by atoms with van der Waals surface area (Å²) in [5.41, 5.74) is 3.25. The first kappa shape index (κ1) is 23.5. The van der Waals surface area contributed by atoms with Crippen molar-refractivity contribution in [2.75, 3.05) is 23.9 Å². The molecule has 1 aliphatic heterocycles. The summed E-state index contributed by atoms with van der Waals surface area (Å²) >= 11 is 0. The van der Waals surface area contributed by atoms with E-state index in [0.717, 1.165) is 28.9 Å². The summed E-state index contributed by atoms with van der Waals surface area (Å²) in [7, 11) is 3.51. The standard InChI is InChI=1S/C26H25F3N2O3/c1-25(2,3)31(5)18-8-6-7-16(13-18)17-9-11-20-23(14-17)33-22-12-10-19(34-26(27,28)29)15-21(22)30(4)24(20)32/h6-15H,1-5H3. The van der Waals surface area contributed by atoms with E-state index in [4.69, 9.17) is 4.74 Å². The van der Waals surface area contributed by atoms with Crippen molar-refractivity contribution in [3.05, 3.63) is 66.2 Å². The Balaban J connectivity index is 1.73. The van der Waals surface area contributed by atoms with E-state index in [9.17, 15) is 18.0 Å². The molecule has 0 unspecified atom stereocenters. The monoisotopic (exact) mass is 470 g/mol. The van der Waals surface area contributed by atoms with Crippen LogP contribution in [-0.2, 0) is 0 Å². The molecule has 1 amide bonds. The van der Waals surface area contributed by atoms with Crippen LogP contribution in [0.4, 0.5) is 24.5 Å². The second-order valence-electron chi connectivity index (χ2n) is 9.13. The molecular weight excluding hydrogens is 445 g/mol. The zero-order valence-electron chi connectivity index (χ0n) is 19.5. The minimum Gasteiger partial charge on any atom is -0.454 e. The van der Waals surface area contributed by atoms with Crippen molar-refractivity contribution in [2.45, 2.75) is 32.7 Å². The highest BCUT2D eigenvalue weighted by Crippen LogP contribution is 2.42. The predicted octanol–water partition coefficient (Wildman–Crippen LogP) is 6.87. The third-order valence-electron chi connectivity index (χ3n) is 5.83. The van der Waals surface area contributed by atoms with Gasteiger partial charge in [0.1, 0.15) is 11.5 Å². The van der Waals surface area contributed by atoms with E-state index in [1.165, 1.54) is 18.0 Å². The van der Waals surface area contributed by atoms with Crippen LogP contribution in [0.1, 0.15) is 31.1 Å². The number of alkyl halides is 3. The SMILES string of the molecule is CN1C(=O)c2ccc(-c3cccc(N(C)C(C)(C)C)c3)cc2Oc2ccc(OC(F)(F)F)cc21. The maximum Gasteiger partial charge on any atom is 0.573 e. The summed E-state index contributed by atoms with van der Waals surface area (Å²) in [6.45, 7) is 6.38. The number of halogens is 3. The Kier molecular flexibility index (Phi) is 5.71. The number of carbonyl (C=O) groups is 1. The number of fused-ring (bicyclic) bond motifs is 2. The number of anilines is 2. The molecule has 0 aromatic heterocycles. The maximum absolute atomic E-state index is 13.1. The molecule has 1 heterocycles. The Morgan fingerprint density at radius 1 is 0.912 bits per heavy atom. The first-order valence-corrected chi connectivity index (χ1v) is 10.7. The summed E-state index contributed by atoms with van der Waals surface area (Å²) in [6, 6.07) is 17.0. The van der Waals surface area contributed by atoms with Crippen LogP contribution in [-0.4, -0.2) is 31.9 Å². The van der Waals surface area contributed by atoms with Crippen molar-refractivity contribution in [3.8, 4) is 28.4 Å². The van der Waals surface area contributed by atoms with E-state index in [-0.39, 0.29) is 17.0 Å². The predicted molar refractivity (Wildman–Crippen MR) is 126 cm³/mol. The van der Waals surface area contributed by atoms with Gasteiger partial charge in [0.2, 0.25) is 0 Å². The number of nitrogens with zero attached hydrogens (tertiary/aromatic N) is 2. The lowest BCUT2D eigenvalue weighted by atomic mass is 10.0. The minimum absolute atomic E-state index is 0.0646. The smallest absolute Gasteiger partial charge is 0.454 e. The fraction of sp³-hybridized carbons (Fsp3) is 0.269. The van der Waals surface area contributed by atoms with Gasteiger partial charge in [-0.25, -0.2) is 0 Å². The van der Waals surface area contributed by atoms with Crippen LogP contribution in [0.5, 0.6) is 17.2 Å². The molecule has 0 saturated carbocycles. The molecule has 8 heteroatoms. The van der Waals surface area contributed by atoms with Gasteiger partial charge in [-0.05, 0) is 68.3 Å². The van der Waals surface area contributed by atoms with Gasteiger partial charge in [0.15, 0.2) is 5.75 Å². The van der Waals surface area contributed by atoms with E-state index in [1.807, 2.05) is 31.3 Å². The first-order chi connectivity index (χ1) is 15.8. The Morgan fingerprint density at radius 2 is 1.62 bits per heavy atom. The number of rotatable bonds is 3. The largest absolute Gasteiger partial charge is 0.573 e. The van der Waals surface area contributed by atoms with Gasteiger partial charge in [-0.15, -0.1) is 13.2 Å². The molecular formula is C26H25F3N2O3. The van der Waals surface area contributed by atoms with Crippen molar-refractivity contribution in [1.82, 2.24) is 0 Å². The van der Waals surface area contributed by atoms with Crippen LogP contribution in [0.3, 0.4) is 0 Å². The van der Waals surface area contributed by atoms with Gasteiger partial charge in [-0.1, -0.05) is 18.2 Å². The third-order valence-corrected chi connectivity index (χ3v) is 5.83. The average molecular weight is 470 g/mol. The van der Waals surface area contributed by atoms with Gasteiger partial charge < -0.3 is 19.3 Å². The molecule has 0 fully saturated rings. The average Bonchev–Trinajstić information content (AvgIpc) is 2.86. The quantitative estimate of drug-likeness (QED) is 0.419. The van der Waals surface area contributed by atoms with Gasteiger partial charge >= 0.3 is 6.36 Å². The maximum atomic E-state index is 13.1. The molecule has 3 aromatic carbocycles. The molecule has 0 bridgehead atoms. The third kappa shape index (κ3) is 4.66. The molecule has 0 aliphatic carbocycles. The van der Waals surface area contributed by atoms with Crippen LogP contribution >= 0.6 is 0 Å². The lowest BCUT2D eigenvalue weighted by molar-refractivity contribution is -0.274. The molecule has 0 spiro atoms. The summed E-state index contributed by atoms with van der Waals surface area (Å²) in [5.74, 6) is -0.249. The fourth-order valence-corrected chi connectivity index (χ4v) is 3.70. The summed E-state index contributed by atoms with van der Waals surface area (Å²) < 4.78 is 48.0. The van der Waals surface area contributed by atoms with Gasteiger partial charge in [0.25, 0.3) is 5.91 Å². The van der Waals surface area contributed by atoms with E-state index < -0.39 is 18.0 Å². The normalized spacial score (nSPS) is 13.5. The first-order valence-electron chi connectivity index (χ1n) is 10.7. The number of hydrogen-bond acceptors (Lipinski definition) is 4. The number of carbonyl (C=O) groups excluding carboxylic acids is 1. The zero-order chi connectivity index (χ0) is 24.8. The van der Waals surface area contributed by atoms with Gasteiger partial charge in [0, 0.05) is 31.4 Å². The van der Waals surface area contributed by atoms with Crippen LogP contribution in [0.15, 0.2) is 60.7 Å². The minimum atomic E-state index is -4.84. The summed E-state index contributed by atoms with van der Waals surface area (Å²) in [6.07, 6.45) is -4.84. The molecule has 178 valence electrons. The van der Waals surface area contributed by atoms with Crippen LogP contribution in [0.2, 0.25) is 0 Å². The summed E-state index contributed by atoms with van der Waals surface area (Å²) in [5, 5.41) is 0. The fourth-order valence-electron chi connectivity index (χ4n) is 3.70.